The number of ketones is 2. The number of allylic oxidation sites excluding steroid dienone is 4. The molecule has 0 unspecified atom stereocenters. The molecule has 0 bridgehead atoms. The lowest BCUT2D eigenvalue weighted by Gasteiger charge is -2.26. The minimum absolute atomic E-state index is 0.121. The fraction of sp³-hybridized carbons (Fsp3) is 0.829. The van der Waals surface area contributed by atoms with Crippen molar-refractivity contribution in [3.05, 3.63) is 24.3 Å². The van der Waals surface area contributed by atoms with Crippen LogP contribution in [0.1, 0.15) is 213 Å². The van der Waals surface area contributed by atoms with Crippen LogP contribution in [0.5, 0.6) is 0 Å². The highest BCUT2D eigenvalue weighted by molar-refractivity contribution is 6.21. The molecule has 0 amide bonds. The first-order chi connectivity index (χ1) is 22.0. The highest BCUT2D eigenvalue weighted by Crippen LogP contribution is 2.32. The smallest absolute Gasteiger partial charge is 0.324 e. The molecule has 0 radical (unpaired) electrons. The maximum absolute atomic E-state index is 13.2. The number of hydrogen-bond acceptors (Lipinski definition) is 3. The third-order valence-electron chi connectivity index (χ3n) is 9.27. The number of Topliss-reactive ketones (excluding diaryl/α,β-unsaturated/α-hetero) is 2. The molecule has 0 heterocycles. The minimum Gasteiger partial charge on any atom is -0.480 e. The molecule has 0 aromatic carbocycles. The Hall–Kier alpha value is -1.71. The van der Waals surface area contributed by atoms with E-state index in [-0.39, 0.29) is 30.8 Å². The van der Waals surface area contributed by atoms with Gasteiger partial charge in [-0.05, 0) is 70.6 Å². The molecule has 0 aliphatic heterocycles. The Morgan fingerprint density at radius 1 is 0.422 bits per heavy atom. The topological polar surface area (TPSA) is 71.4 Å². The second-order valence-corrected chi connectivity index (χ2v) is 13.5. The molecule has 0 aliphatic rings. The van der Waals surface area contributed by atoms with Gasteiger partial charge in [-0.25, -0.2) is 0 Å². The quantitative estimate of drug-likeness (QED) is 0.0429. The van der Waals surface area contributed by atoms with Crippen LogP contribution in [-0.4, -0.2) is 22.6 Å². The third-order valence-corrected chi connectivity index (χ3v) is 9.27. The number of carbonyl (C=O) groups excluding carboxylic acids is 2. The third kappa shape index (κ3) is 23.3. The number of carboxylic acids is 1. The van der Waals surface area contributed by atoms with Crippen LogP contribution in [0.15, 0.2) is 24.3 Å². The van der Waals surface area contributed by atoms with Crippen LogP contribution in [0, 0.1) is 5.41 Å². The van der Waals surface area contributed by atoms with Crippen LogP contribution in [0.2, 0.25) is 0 Å². The van der Waals surface area contributed by atoms with Crippen LogP contribution < -0.4 is 0 Å². The largest absolute Gasteiger partial charge is 0.480 e. The Balaban J connectivity index is 4.16. The Kier molecular flexibility index (Phi) is 31.0. The number of hydrogen-bond donors (Lipinski definition) is 1. The van der Waals surface area contributed by atoms with E-state index in [9.17, 15) is 19.5 Å². The fourth-order valence-electron chi connectivity index (χ4n) is 6.29. The first kappa shape index (κ1) is 43.3. The number of carboxylic acid groups (broad SMARTS) is 1. The van der Waals surface area contributed by atoms with E-state index in [1.807, 2.05) is 6.92 Å². The second-order valence-electron chi connectivity index (χ2n) is 13.5. The summed E-state index contributed by atoms with van der Waals surface area (Å²) in [5.41, 5.74) is -1.84. The minimum atomic E-state index is -1.84. The molecule has 0 aliphatic carbocycles. The summed E-state index contributed by atoms with van der Waals surface area (Å²) in [6, 6.07) is 0. The lowest BCUT2D eigenvalue weighted by molar-refractivity contribution is -0.160. The zero-order valence-electron chi connectivity index (χ0n) is 30.2. The van der Waals surface area contributed by atoms with E-state index in [2.05, 4.69) is 38.2 Å². The van der Waals surface area contributed by atoms with Crippen molar-refractivity contribution in [2.24, 2.45) is 5.41 Å². The number of aliphatic carboxylic acids is 1. The molecule has 0 saturated carbocycles. The van der Waals surface area contributed by atoms with Crippen molar-refractivity contribution in [3.8, 4) is 0 Å². The summed E-state index contributed by atoms with van der Waals surface area (Å²) in [6.45, 7) is 6.37. The van der Waals surface area contributed by atoms with E-state index in [1.54, 1.807) is 0 Å². The van der Waals surface area contributed by atoms with E-state index >= 15 is 0 Å². The van der Waals surface area contributed by atoms with Crippen molar-refractivity contribution in [2.45, 2.75) is 213 Å². The predicted octanol–water partition coefficient (Wildman–Crippen LogP) is 13.1. The highest BCUT2D eigenvalue weighted by Gasteiger charge is 2.50. The van der Waals surface area contributed by atoms with Crippen molar-refractivity contribution in [3.63, 3.8) is 0 Å². The zero-order valence-corrected chi connectivity index (χ0v) is 30.2. The van der Waals surface area contributed by atoms with E-state index in [4.69, 9.17) is 0 Å². The molecule has 0 aromatic rings. The molecule has 0 aromatic heterocycles. The summed E-state index contributed by atoms with van der Waals surface area (Å²) < 4.78 is 0. The highest BCUT2D eigenvalue weighted by atomic mass is 16.4. The molecule has 262 valence electrons. The Morgan fingerprint density at radius 3 is 1.00 bits per heavy atom. The monoisotopic (exact) mass is 631 g/mol. The van der Waals surface area contributed by atoms with Crippen molar-refractivity contribution >= 4 is 17.5 Å². The van der Waals surface area contributed by atoms with Gasteiger partial charge in [-0.1, -0.05) is 154 Å². The van der Waals surface area contributed by atoms with Gasteiger partial charge in [0.05, 0.1) is 0 Å². The van der Waals surface area contributed by atoms with Crippen LogP contribution in [-0.2, 0) is 14.4 Å². The summed E-state index contributed by atoms with van der Waals surface area (Å²) in [4.78, 5) is 38.8. The molecule has 4 heteroatoms. The van der Waals surface area contributed by atoms with Crippen LogP contribution in [0.3, 0.4) is 0 Å². The maximum atomic E-state index is 13.2. The maximum Gasteiger partial charge on any atom is 0.324 e. The van der Waals surface area contributed by atoms with Gasteiger partial charge in [-0.3, -0.25) is 14.4 Å². The molecule has 0 saturated heterocycles. The Bertz CT molecular complexity index is 713. The van der Waals surface area contributed by atoms with Crippen LogP contribution >= 0.6 is 0 Å². The standard InChI is InChI=1S/C41H74O4/c1-4-7-9-11-13-15-17-19-21-23-25-27-29-31-33-35-38(42)41(37-6-3,40(44)45)39(43)36-34-32-30-28-26-24-22-20-18-16-14-12-10-8-5-2/h19-22H,4-18,23-37H2,1-3H3,(H,44,45). The van der Waals surface area contributed by atoms with Crippen molar-refractivity contribution < 1.29 is 19.5 Å². The summed E-state index contributed by atoms with van der Waals surface area (Å²) in [5.74, 6) is -1.97. The van der Waals surface area contributed by atoms with E-state index < -0.39 is 11.4 Å². The molecule has 0 spiro atoms. The lowest BCUT2D eigenvalue weighted by Crippen LogP contribution is -2.46. The van der Waals surface area contributed by atoms with E-state index in [1.165, 1.54) is 89.9 Å². The van der Waals surface area contributed by atoms with E-state index in [0.717, 1.165) is 64.2 Å². The summed E-state index contributed by atoms with van der Waals surface area (Å²) >= 11 is 0. The normalized spacial score (nSPS) is 13.1. The molecule has 4 nitrogen and oxygen atoms in total. The number of unbranched alkanes of at least 4 members (excludes halogenated alkanes) is 22. The average Bonchev–Trinajstić information content (AvgIpc) is 3.03. The molecule has 1 N–H and O–H groups in total. The Labute approximate surface area is 279 Å². The second kappa shape index (κ2) is 32.2. The van der Waals surface area contributed by atoms with Gasteiger partial charge in [0.15, 0.2) is 17.0 Å². The van der Waals surface area contributed by atoms with Gasteiger partial charge in [-0.15, -0.1) is 0 Å². The summed E-state index contributed by atoms with van der Waals surface area (Å²) in [7, 11) is 0. The summed E-state index contributed by atoms with van der Waals surface area (Å²) in [6.07, 6.45) is 40.8. The predicted molar refractivity (Wildman–Crippen MR) is 194 cm³/mol. The number of carbonyl (C=O) groups is 3. The van der Waals surface area contributed by atoms with Gasteiger partial charge >= 0.3 is 5.97 Å². The van der Waals surface area contributed by atoms with Gasteiger partial charge in [0.2, 0.25) is 0 Å². The molecule has 45 heavy (non-hydrogen) atoms. The van der Waals surface area contributed by atoms with Gasteiger partial charge in [-0.2, -0.15) is 0 Å². The Morgan fingerprint density at radius 2 is 0.711 bits per heavy atom. The SMILES string of the molecule is CCCCCCCCC=CCCCCCCCC(=O)C(CCC)(C(=O)O)C(=O)CCCCCCCC=CCCCCCCCC. The number of rotatable bonds is 35. The molecule has 0 rings (SSSR count). The van der Waals surface area contributed by atoms with Gasteiger partial charge in [0.1, 0.15) is 0 Å². The van der Waals surface area contributed by atoms with Gasteiger partial charge in [0.25, 0.3) is 0 Å². The van der Waals surface area contributed by atoms with Crippen molar-refractivity contribution in [2.75, 3.05) is 0 Å². The van der Waals surface area contributed by atoms with Crippen LogP contribution in [0.25, 0.3) is 0 Å². The molecule has 0 atom stereocenters. The fourth-order valence-corrected chi connectivity index (χ4v) is 6.29. The van der Waals surface area contributed by atoms with Crippen LogP contribution in [0.4, 0.5) is 0 Å². The lowest BCUT2D eigenvalue weighted by atomic mass is 9.72. The molecular formula is C41H74O4. The average molecular weight is 631 g/mol. The van der Waals surface area contributed by atoms with Gasteiger partial charge in [0, 0.05) is 12.8 Å². The van der Waals surface area contributed by atoms with Crippen molar-refractivity contribution in [1.82, 2.24) is 0 Å². The first-order valence-corrected chi connectivity index (χ1v) is 19.6. The zero-order chi connectivity index (χ0) is 33.3. The summed E-state index contributed by atoms with van der Waals surface area (Å²) in [5, 5.41) is 10.1. The molecular weight excluding hydrogens is 556 g/mol. The molecule has 0 fully saturated rings. The van der Waals surface area contributed by atoms with E-state index in [0.29, 0.717) is 19.3 Å². The first-order valence-electron chi connectivity index (χ1n) is 19.6. The van der Waals surface area contributed by atoms with Gasteiger partial charge < -0.3 is 5.11 Å². The van der Waals surface area contributed by atoms with Crippen molar-refractivity contribution in [1.29, 1.82) is 0 Å².